The minimum Gasteiger partial charge on any atom is -0.463 e. The van der Waals surface area contributed by atoms with Crippen LogP contribution < -0.4 is 0 Å². The maximum atomic E-state index is 11.2. The Labute approximate surface area is 110 Å². The van der Waals surface area contributed by atoms with Gasteiger partial charge in [-0.15, -0.1) is 5.10 Å². The molecule has 19 heavy (non-hydrogen) atoms. The molecule has 2 rings (SSSR count). The standard InChI is InChI=1S/C13H15N3O3/c1-3-11(17)9-4-6-10(7-5-9)16-8-14-12(15-16)13(18)19-2/h4-8,11,17H,3H2,1-2H3/t11-/m1/s1. The molecule has 0 unspecified atom stereocenters. The highest BCUT2D eigenvalue weighted by Gasteiger charge is 2.12. The number of methoxy groups -OCH3 is 1. The van der Waals surface area contributed by atoms with E-state index in [4.69, 9.17) is 0 Å². The number of nitrogens with zero attached hydrogens (tertiary/aromatic N) is 3. The number of benzene rings is 1. The Morgan fingerprint density at radius 2 is 2.11 bits per heavy atom. The third-order valence-corrected chi connectivity index (χ3v) is 2.79. The molecule has 0 saturated carbocycles. The van der Waals surface area contributed by atoms with Crippen LogP contribution in [0.15, 0.2) is 30.6 Å². The summed E-state index contributed by atoms with van der Waals surface area (Å²) in [5, 5.41) is 13.7. The number of aliphatic hydroxyl groups excluding tert-OH is 1. The molecule has 0 saturated heterocycles. The lowest BCUT2D eigenvalue weighted by Gasteiger charge is -2.08. The number of hydrogen-bond acceptors (Lipinski definition) is 5. The monoisotopic (exact) mass is 261 g/mol. The summed E-state index contributed by atoms with van der Waals surface area (Å²) in [6, 6.07) is 7.26. The van der Waals surface area contributed by atoms with Crippen LogP contribution in [0.4, 0.5) is 0 Å². The van der Waals surface area contributed by atoms with Gasteiger partial charge in [0.05, 0.1) is 18.9 Å². The van der Waals surface area contributed by atoms with E-state index >= 15 is 0 Å². The predicted molar refractivity (Wildman–Crippen MR) is 67.9 cm³/mol. The SMILES string of the molecule is CC[C@@H](O)c1ccc(-n2cnc(C(=O)OC)n2)cc1. The van der Waals surface area contributed by atoms with Gasteiger partial charge in [0.25, 0.3) is 5.82 Å². The van der Waals surface area contributed by atoms with E-state index in [2.05, 4.69) is 14.8 Å². The van der Waals surface area contributed by atoms with E-state index in [9.17, 15) is 9.90 Å². The average Bonchev–Trinajstić information content (AvgIpc) is 2.95. The Morgan fingerprint density at radius 1 is 1.42 bits per heavy atom. The van der Waals surface area contributed by atoms with Crippen LogP contribution >= 0.6 is 0 Å². The number of aliphatic hydroxyl groups is 1. The molecule has 1 atom stereocenters. The number of ether oxygens (including phenoxy) is 1. The summed E-state index contributed by atoms with van der Waals surface area (Å²) >= 11 is 0. The third kappa shape index (κ3) is 2.79. The van der Waals surface area contributed by atoms with E-state index in [0.717, 1.165) is 11.3 Å². The summed E-state index contributed by atoms with van der Waals surface area (Å²) in [6.07, 6.45) is 1.64. The molecule has 2 aromatic rings. The van der Waals surface area contributed by atoms with E-state index in [-0.39, 0.29) is 5.82 Å². The summed E-state index contributed by atoms with van der Waals surface area (Å²) in [5.41, 5.74) is 1.61. The van der Waals surface area contributed by atoms with Gasteiger partial charge in [0.2, 0.25) is 0 Å². The van der Waals surface area contributed by atoms with E-state index in [0.29, 0.717) is 6.42 Å². The average molecular weight is 261 g/mol. The van der Waals surface area contributed by atoms with Gasteiger partial charge in [0, 0.05) is 0 Å². The van der Waals surface area contributed by atoms with Crippen molar-refractivity contribution in [1.82, 2.24) is 14.8 Å². The second-order valence-electron chi connectivity index (χ2n) is 4.02. The summed E-state index contributed by atoms with van der Waals surface area (Å²) in [7, 11) is 1.28. The van der Waals surface area contributed by atoms with Crippen molar-refractivity contribution >= 4 is 5.97 Å². The van der Waals surface area contributed by atoms with Crippen LogP contribution in [-0.4, -0.2) is 33.0 Å². The summed E-state index contributed by atoms with van der Waals surface area (Å²) in [4.78, 5) is 15.1. The number of rotatable bonds is 4. The molecule has 1 aromatic heterocycles. The molecular weight excluding hydrogens is 246 g/mol. The fourth-order valence-corrected chi connectivity index (χ4v) is 1.66. The number of esters is 1. The minimum absolute atomic E-state index is 0.0140. The maximum Gasteiger partial charge on any atom is 0.377 e. The van der Waals surface area contributed by atoms with Crippen molar-refractivity contribution in [3.8, 4) is 5.69 Å². The van der Waals surface area contributed by atoms with Crippen molar-refractivity contribution in [3.05, 3.63) is 42.0 Å². The summed E-state index contributed by atoms with van der Waals surface area (Å²) in [5.74, 6) is -0.558. The first-order chi connectivity index (χ1) is 9.15. The Morgan fingerprint density at radius 3 is 2.68 bits per heavy atom. The third-order valence-electron chi connectivity index (χ3n) is 2.79. The van der Waals surface area contributed by atoms with Gasteiger partial charge in [-0.3, -0.25) is 0 Å². The van der Waals surface area contributed by atoms with Crippen LogP contribution in [0.25, 0.3) is 5.69 Å². The smallest absolute Gasteiger partial charge is 0.377 e. The van der Waals surface area contributed by atoms with Crippen LogP contribution in [0.5, 0.6) is 0 Å². The lowest BCUT2D eigenvalue weighted by atomic mass is 10.1. The first-order valence-corrected chi connectivity index (χ1v) is 5.94. The van der Waals surface area contributed by atoms with Crippen molar-refractivity contribution in [2.45, 2.75) is 19.4 Å². The molecular formula is C13H15N3O3. The van der Waals surface area contributed by atoms with Crippen LogP contribution in [0.1, 0.15) is 35.6 Å². The molecule has 0 aliphatic rings. The van der Waals surface area contributed by atoms with Crippen LogP contribution in [0.3, 0.4) is 0 Å². The second kappa shape index (κ2) is 5.62. The highest BCUT2D eigenvalue weighted by molar-refractivity contribution is 5.84. The normalized spacial score (nSPS) is 12.2. The molecule has 0 bridgehead atoms. The predicted octanol–water partition coefficient (Wildman–Crippen LogP) is 1.50. The van der Waals surface area contributed by atoms with Crippen molar-refractivity contribution in [2.75, 3.05) is 7.11 Å². The number of carbonyl (C=O) groups is 1. The molecule has 0 aliphatic heterocycles. The topological polar surface area (TPSA) is 77.2 Å². The molecule has 6 heteroatoms. The lowest BCUT2D eigenvalue weighted by molar-refractivity contribution is 0.0587. The van der Waals surface area contributed by atoms with Crippen LogP contribution in [-0.2, 0) is 4.74 Å². The van der Waals surface area contributed by atoms with Gasteiger partial charge in [0.15, 0.2) is 0 Å². The first-order valence-electron chi connectivity index (χ1n) is 5.94. The Kier molecular flexibility index (Phi) is 3.91. The van der Waals surface area contributed by atoms with Crippen molar-refractivity contribution < 1.29 is 14.6 Å². The first kappa shape index (κ1) is 13.2. The van der Waals surface area contributed by atoms with Crippen LogP contribution in [0, 0.1) is 0 Å². The van der Waals surface area contributed by atoms with Gasteiger partial charge < -0.3 is 9.84 Å². The van der Waals surface area contributed by atoms with Gasteiger partial charge in [-0.05, 0) is 24.1 Å². The van der Waals surface area contributed by atoms with E-state index in [1.807, 2.05) is 31.2 Å². The van der Waals surface area contributed by atoms with Gasteiger partial charge >= 0.3 is 5.97 Å². The van der Waals surface area contributed by atoms with E-state index < -0.39 is 12.1 Å². The number of aromatic nitrogens is 3. The van der Waals surface area contributed by atoms with E-state index in [1.165, 1.54) is 18.1 Å². The van der Waals surface area contributed by atoms with E-state index in [1.54, 1.807) is 0 Å². The van der Waals surface area contributed by atoms with Crippen molar-refractivity contribution in [2.24, 2.45) is 0 Å². The quantitative estimate of drug-likeness (QED) is 0.844. The molecule has 1 aromatic carbocycles. The molecule has 100 valence electrons. The zero-order valence-corrected chi connectivity index (χ0v) is 10.8. The molecule has 0 spiro atoms. The Balaban J connectivity index is 2.22. The van der Waals surface area contributed by atoms with Gasteiger partial charge in [0.1, 0.15) is 6.33 Å². The number of hydrogen-bond donors (Lipinski definition) is 1. The highest BCUT2D eigenvalue weighted by atomic mass is 16.5. The minimum atomic E-state index is -0.572. The van der Waals surface area contributed by atoms with Crippen molar-refractivity contribution in [3.63, 3.8) is 0 Å². The summed E-state index contributed by atoms with van der Waals surface area (Å²) < 4.78 is 6.02. The Bertz CT molecular complexity index is 563. The number of carbonyl (C=O) groups excluding carboxylic acids is 1. The van der Waals surface area contributed by atoms with Gasteiger partial charge in [-0.1, -0.05) is 19.1 Å². The van der Waals surface area contributed by atoms with Crippen LogP contribution in [0.2, 0.25) is 0 Å². The molecule has 6 nitrogen and oxygen atoms in total. The van der Waals surface area contributed by atoms with Gasteiger partial charge in [-0.2, -0.15) is 0 Å². The molecule has 0 aliphatic carbocycles. The zero-order chi connectivity index (χ0) is 13.8. The molecule has 0 amide bonds. The second-order valence-corrected chi connectivity index (χ2v) is 4.02. The summed E-state index contributed by atoms with van der Waals surface area (Å²) in [6.45, 7) is 1.92. The van der Waals surface area contributed by atoms with Crippen molar-refractivity contribution in [1.29, 1.82) is 0 Å². The molecule has 1 N–H and O–H groups in total. The lowest BCUT2D eigenvalue weighted by Crippen LogP contribution is -2.05. The molecule has 0 fully saturated rings. The Hall–Kier alpha value is -2.21. The highest BCUT2D eigenvalue weighted by Crippen LogP contribution is 2.17. The fraction of sp³-hybridized carbons (Fsp3) is 0.308. The maximum absolute atomic E-state index is 11.2. The van der Waals surface area contributed by atoms with Gasteiger partial charge in [-0.25, -0.2) is 14.5 Å². The molecule has 1 heterocycles. The fourth-order valence-electron chi connectivity index (χ4n) is 1.66. The zero-order valence-electron chi connectivity index (χ0n) is 10.8. The largest absolute Gasteiger partial charge is 0.463 e. The molecule has 0 radical (unpaired) electrons.